The van der Waals surface area contributed by atoms with E-state index in [1.165, 1.54) is 4.70 Å². The molecular formula is C16H13N3OS. The standard InChI is InChI=1S/C16H13N3OS/c1-20-12-6-7-14-15(8-12)21-16-18-13(9-19(14)16)10-2-4-11(17)5-3-10/h2-9H,17H2,1H3. The van der Waals surface area contributed by atoms with Gasteiger partial charge in [-0.3, -0.25) is 4.40 Å². The first-order chi connectivity index (χ1) is 10.2. The Balaban J connectivity index is 1.88. The largest absolute Gasteiger partial charge is 0.497 e. The monoisotopic (exact) mass is 295 g/mol. The van der Waals surface area contributed by atoms with Crippen LogP contribution in [-0.4, -0.2) is 16.5 Å². The van der Waals surface area contributed by atoms with Gasteiger partial charge in [-0.2, -0.15) is 0 Å². The lowest BCUT2D eigenvalue weighted by atomic mass is 10.1. The van der Waals surface area contributed by atoms with E-state index in [9.17, 15) is 0 Å². The minimum absolute atomic E-state index is 0.761. The Kier molecular flexibility index (Phi) is 2.62. The molecule has 2 aromatic heterocycles. The van der Waals surface area contributed by atoms with Gasteiger partial charge in [0, 0.05) is 17.4 Å². The number of nitrogens with zero attached hydrogens (tertiary/aromatic N) is 2. The molecule has 0 amide bonds. The maximum atomic E-state index is 5.73. The van der Waals surface area contributed by atoms with Gasteiger partial charge in [0.05, 0.1) is 23.0 Å². The zero-order chi connectivity index (χ0) is 14.4. The van der Waals surface area contributed by atoms with Crippen LogP contribution in [0.25, 0.3) is 26.4 Å². The topological polar surface area (TPSA) is 52.5 Å². The minimum Gasteiger partial charge on any atom is -0.497 e. The summed E-state index contributed by atoms with van der Waals surface area (Å²) in [5, 5.41) is 0. The Morgan fingerprint density at radius 3 is 2.71 bits per heavy atom. The van der Waals surface area contributed by atoms with Crippen LogP contribution in [0.1, 0.15) is 0 Å². The van der Waals surface area contributed by atoms with Gasteiger partial charge in [-0.15, -0.1) is 0 Å². The van der Waals surface area contributed by atoms with Crippen LogP contribution >= 0.6 is 11.3 Å². The van der Waals surface area contributed by atoms with Gasteiger partial charge in [-0.25, -0.2) is 4.98 Å². The highest BCUT2D eigenvalue weighted by Gasteiger charge is 2.10. The van der Waals surface area contributed by atoms with E-state index in [4.69, 9.17) is 15.5 Å². The van der Waals surface area contributed by atoms with Gasteiger partial charge >= 0.3 is 0 Å². The number of hydrogen-bond donors (Lipinski definition) is 1. The van der Waals surface area contributed by atoms with Gasteiger partial charge in [-0.1, -0.05) is 23.5 Å². The predicted molar refractivity (Wildman–Crippen MR) is 87.0 cm³/mol. The number of rotatable bonds is 2. The molecular weight excluding hydrogens is 282 g/mol. The molecule has 2 N–H and O–H groups in total. The molecule has 4 aromatic rings. The number of methoxy groups -OCH3 is 1. The molecule has 0 saturated heterocycles. The SMILES string of the molecule is COc1ccc2c(c1)sc1nc(-c3ccc(N)cc3)cn12. The number of nitrogens with two attached hydrogens (primary N) is 1. The molecule has 0 spiro atoms. The normalized spacial score (nSPS) is 11.3. The van der Waals surface area contributed by atoms with Crippen molar-refractivity contribution in [2.24, 2.45) is 0 Å². The Bertz CT molecular complexity index is 937. The molecule has 0 aliphatic carbocycles. The molecule has 0 fully saturated rings. The number of benzene rings is 2. The zero-order valence-electron chi connectivity index (χ0n) is 11.4. The van der Waals surface area contributed by atoms with E-state index in [2.05, 4.69) is 16.7 Å². The first-order valence-corrected chi connectivity index (χ1v) is 7.38. The molecule has 21 heavy (non-hydrogen) atoms. The fraction of sp³-hybridized carbons (Fsp3) is 0.0625. The number of thiazole rings is 1. The zero-order valence-corrected chi connectivity index (χ0v) is 12.2. The van der Waals surface area contributed by atoms with Crippen molar-refractivity contribution in [3.8, 4) is 17.0 Å². The number of hydrogen-bond acceptors (Lipinski definition) is 4. The Morgan fingerprint density at radius 1 is 1.14 bits per heavy atom. The van der Waals surface area contributed by atoms with E-state index >= 15 is 0 Å². The minimum atomic E-state index is 0.761. The third-order valence-electron chi connectivity index (χ3n) is 3.51. The van der Waals surface area contributed by atoms with Crippen LogP contribution < -0.4 is 10.5 Å². The van der Waals surface area contributed by atoms with Crippen LogP contribution in [-0.2, 0) is 0 Å². The van der Waals surface area contributed by atoms with E-state index in [1.54, 1.807) is 18.4 Å². The summed E-state index contributed by atoms with van der Waals surface area (Å²) in [7, 11) is 1.68. The van der Waals surface area contributed by atoms with Crippen LogP contribution in [0, 0.1) is 0 Å². The Labute approximate surface area is 125 Å². The molecule has 104 valence electrons. The fourth-order valence-electron chi connectivity index (χ4n) is 2.40. The van der Waals surface area contributed by atoms with Crippen molar-refractivity contribution < 1.29 is 4.74 Å². The lowest BCUT2D eigenvalue weighted by Gasteiger charge is -1.99. The molecule has 0 atom stereocenters. The van der Waals surface area contributed by atoms with Gasteiger partial charge in [0.2, 0.25) is 0 Å². The van der Waals surface area contributed by atoms with Crippen molar-refractivity contribution in [1.29, 1.82) is 0 Å². The predicted octanol–water partition coefficient (Wildman–Crippen LogP) is 3.81. The fourth-order valence-corrected chi connectivity index (χ4v) is 3.44. The maximum absolute atomic E-state index is 5.73. The molecule has 0 unspecified atom stereocenters. The van der Waals surface area contributed by atoms with Crippen LogP contribution in [0.3, 0.4) is 0 Å². The van der Waals surface area contributed by atoms with Crippen molar-refractivity contribution in [2.45, 2.75) is 0 Å². The number of imidazole rings is 1. The van der Waals surface area contributed by atoms with Crippen molar-refractivity contribution >= 4 is 32.2 Å². The summed E-state index contributed by atoms with van der Waals surface area (Å²) >= 11 is 1.66. The molecule has 2 aromatic carbocycles. The van der Waals surface area contributed by atoms with E-state index in [-0.39, 0.29) is 0 Å². The number of anilines is 1. The highest BCUT2D eigenvalue weighted by Crippen LogP contribution is 2.31. The average molecular weight is 295 g/mol. The first kappa shape index (κ1) is 12.2. The summed E-state index contributed by atoms with van der Waals surface area (Å²) < 4.78 is 8.55. The maximum Gasteiger partial charge on any atom is 0.195 e. The summed E-state index contributed by atoms with van der Waals surface area (Å²) in [5.41, 5.74) is 9.66. The highest BCUT2D eigenvalue weighted by molar-refractivity contribution is 7.23. The molecule has 0 bridgehead atoms. The quantitative estimate of drug-likeness (QED) is 0.572. The van der Waals surface area contributed by atoms with Crippen molar-refractivity contribution in [1.82, 2.24) is 9.38 Å². The van der Waals surface area contributed by atoms with Gasteiger partial charge in [0.15, 0.2) is 4.96 Å². The average Bonchev–Trinajstić information content (AvgIpc) is 3.04. The van der Waals surface area contributed by atoms with E-state index in [1.807, 2.05) is 36.4 Å². The number of fused-ring (bicyclic) bond motifs is 3. The van der Waals surface area contributed by atoms with E-state index in [0.717, 1.165) is 33.2 Å². The third kappa shape index (κ3) is 1.94. The third-order valence-corrected chi connectivity index (χ3v) is 4.53. The van der Waals surface area contributed by atoms with E-state index in [0.29, 0.717) is 0 Å². The van der Waals surface area contributed by atoms with Crippen molar-refractivity contribution in [2.75, 3.05) is 12.8 Å². The summed E-state index contributed by atoms with van der Waals surface area (Å²) in [6, 6.07) is 13.8. The second kappa shape index (κ2) is 4.49. The molecule has 2 heterocycles. The lowest BCUT2D eigenvalue weighted by Crippen LogP contribution is -1.84. The molecule has 4 nitrogen and oxygen atoms in total. The summed E-state index contributed by atoms with van der Waals surface area (Å²) in [5.74, 6) is 0.866. The summed E-state index contributed by atoms with van der Waals surface area (Å²) in [4.78, 5) is 5.68. The molecule has 0 aliphatic rings. The van der Waals surface area contributed by atoms with Crippen molar-refractivity contribution in [3.05, 3.63) is 48.7 Å². The van der Waals surface area contributed by atoms with Gasteiger partial charge < -0.3 is 10.5 Å². The smallest absolute Gasteiger partial charge is 0.195 e. The molecule has 0 saturated carbocycles. The second-order valence-corrected chi connectivity index (χ2v) is 5.85. The van der Waals surface area contributed by atoms with Gasteiger partial charge in [0.1, 0.15) is 5.75 Å². The Morgan fingerprint density at radius 2 is 1.95 bits per heavy atom. The second-order valence-electron chi connectivity index (χ2n) is 4.84. The Hall–Kier alpha value is -2.53. The van der Waals surface area contributed by atoms with Crippen LogP contribution in [0.5, 0.6) is 5.75 Å². The molecule has 4 rings (SSSR count). The number of ether oxygens (including phenoxy) is 1. The lowest BCUT2D eigenvalue weighted by molar-refractivity contribution is 0.415. The van der Waals surface area contributed by atoms with Crippen LogP contribution in [0.4, 0.5) is 5.69 Å². The first-order valence-electron chi connectivity index (χ1n) is 6.56. The number of nitrogen functional groups attached to an aromatic ring is 1. The molecule has 5 heteroatoms. The highest BCUT2D eigenvalue weighted by atomic mass is 32.1. The molecule has 0 aliphatic heterocycles. The van der Waals surface area contributed by atoms with Crippen LogP contribution in [0.2, 0.25) is 0 Å². The summed E-state index contributed by atoms with van der Waals surface area (Å²) in [6.45, 7) is 0. The van der Waals surface area contributed by atoms with Crippen LogP contribution in [0.15, 0.2) is 48.7 Å². The van der Waals surface area contributed by atoms with Crippen molar-refractivity contribution in [3.63, 3.8) is 0 Å². The van der Waals surface area contributed by atoms with E-state index < -0.39 is 0 Å². The summed E-state index contributed by atoms with van der Waals surface area (Å²) in [6.07, 6.45) is 2.06. The number of aromatic nitrogens is 2. The molecule has 0 radical (unpaired) electrons. The van der Waals surface area contributed by atoms with Gasteiger partial charge in [0.25, 0.3) is 0 Å². The van der Waals surface area contributed by atoms with Gasteiger partial charge in [-0.05, 0) is 30.3 Å².